The molecule has 6 nitrogen and oxygen atoms in total. The molecule has 3 aromatic carbocycles. The van der Waals surface area contributed by atoms with E-state index in [1.807, 2.05) is 92.7 Å². The first-order valence-electron chi connectivity index (χ1n) is 11.5. The van der Waals surface area contributed by atoms with Gasteiger partial charge in [0.1, 0.15) is 5.75 Å². The molecule has 5 aromatic rings. The van der Waals surface area contributed by atoms with Crippen molar-refractivity contribution in [1.82, 2.24) is 20.5 Å². The molecule has 0 unspecified atom stereocenters. The number of carbonyl (C=O) groups is 1. The lowest BCUT2D eigenvalue weighted by molar-refractivity contribution is 0.0952. The molecule has 5 rings (SSSR count). The van der Waals surface area contributed by atoms with E-state index in [1.54, 1.807) is 7.11 Å². The average Bonchev–Trinajstić information content (AvgIpc) is 3.32. The average molecular weight is 463 g/mol. The number of carbonyl (C=O) groups excluding carboxylic acids is 1. The summed E-state index contributed by atoms with van der Waals surface area (Å²) < 4.78 is 5.28. The van der Waals surface area contributed by atoms with Crippen molar-refractivity contribution in [3.8, 4) is 28.3 Å². The van der Waals surface area contributed by atoms with Crippen LogP contribution in [0.25, 0.3) is 33.5 Å². The monoisotopic (exact) mass is 462 g/mol. The van der Waals surface area contributed by atoms with Gasteiger partial charge in [-0.2, -0.15) is 5.10 Å². The standard InChI is InChI=1S/C29H26N4O2/c1-18-4-8-20(9-5-18)17-30-29(34)24-16-25(21-12-14-23(35-3)15-13-21)31-28-26(24)27(32-33-28)22-10-6-19(2)7-11-22/h4-16H,17H2,1-3H3,(H,30,34)(H,31,32,33). The highest BCUT2D eigenvalue weighted by molar-refractivity contribution is 6.11. The second kappa shape index (κ2) is 9.43. The molecule has 0 saturated heterocycles. The number of aromatic nitrogens is 3. The third-order valence-electron chi connectivity index (χ3n) is 6.07. The number of hydrogen-bond donors (Lipinski definition) is 2. The third kappa shape index (κ3) is 4.64. The number of amides is 1. The molecule has 0 fully saturated rings. The molecule has 0 saturated carbocycles. The van der Waals surface area contributed by atoms with Gasteiger partial charge < -0.3 is 10.1 Å². The Morgan fingerprint density at radius 2 is 1.51 bits per heavy atom. The number of ether oxygens (including phenoxy) is 1. The minimum atomic E-state index is -0.178. The number of fused-ring (bicyclic) bond motifs is 1. The second-order valence-corrected chi connectivity index (χ2v) is 8.62. The number of methoxy groups -OCH3 is 1. The fraction of sp³-hybridized carbons (Fsp3) is 0.138. The van der Waals surface area contributed by atoms with Gasteiger partial charge in [-0.05, 0) is 49.7 Å². The van der Waals surface area contributed by atoms with Crippen molar-refractivity contribution in [1.29, 1.82) is 0 Å². The summed E-state index contributed by atoms with van der Waals surface area (Å²) in [4.78, 5) is 18.3. The number of nitrogens with one attached hydrogen (secondary N) is 2. The van der Waals surface area contributed by atoms with Crippen LogP contribution in [-0.4, -0.2) is 28.2 Å². The minimum Gasteiger partial charge on any atom is -0.497 e. The van der Waals surface area contributed by atoms with Gasteiger partial charge in [0.25, 0.3) is 5.91 Å². The highest BCUT2D eigenvalue weighted by Gasteiger charge is 2.20. The van der Waals surface area contributed by atoms with Crippen molar-refractivity contribution in [2.45, 2.75) is 20.4 Å². The molecule has 35 heavy (non-hydrogen) atoms. The van der Waals surface area contributed by atoms with Gasteiger partial charge in [-0.3, -0.25) is 9.89 Å². The first-order chi connectivity index (χ1) is 17.0. The van der Waals surface area contributed by atoms with Crippen LogP contribution in [0.3, 0.4) is 0 Å². The van der Waals surface area contributed by atoms with Crippen LogP contribution in [0, 0.1) is 13.8 Å². The molecular formula is C29H26N4O2. The molecule has 0 spiro atoms. The van der Waals surface area contributed by atoms with Crippen LogP contribution >= 0.6 is 0 Å². The SMILES string of the molecule is COc1ccc(-c2cc(C(=O)NCc3ccc(C)cc3)c3c(-c4ccc(C)cc4)[nH]nc3n2)cc1. The van der Waals surface area contributed by atoms with Gasteiger partial charge in [-0.15, -0.1) is 0 Å². The minimum absolute atomic E-state index is 0.178. The predicted molar refractivity (Wildman–Crippen MR) is 138 cm³/mol. The van der Waals surface area contributed by atoms with E-state index in [0.29, 0.717) is 28.8 Å². The molecule has 2 heterocycles. The van der Waals surface area contributed by atoms with E-state index in [0.717, 1.165) is 33.7 Å². The van der Waals surface area contributed by atoms with Crippen molar-refractivity contribution in [2.75, 3.05) is 7.11 Å². The molecule has 0 atom stereocenters. The topological polar surface area (TPSA) is 79.9 Å². The number of H-pyrrole nitrogens is 1. The first-order valence-corrected chi connectivity index (χ1v) is 11.5. The molecule has 174 valence electrons. The van der Waals surface area contributed by atoms with Crippen molar-refractivity contribution < 1.29 is 9.53 Å². The maximum atomic E-state index is 13.5. The van der Waals surface area contributed by atoms with Gasteiger partial charge in [-0.1, -0.05) is 59.7 Å². The van der Waals surface area contributed by atoms with E-state index in [1.165, 1.54) is 5.56 Å². The van der Waals surface area contributed by atoms with Crippen LogP contribution in [0.15, 0.2) is 78.9 Å². The van der Waals surface area contributed by atoms with Crippen LogP contribution < -0.4 is 10.1 Å². The Morgan fingerprint density at radius 3 is 2.17 bits per heavy atom. The fourth-order valence-corrected chi connectivity index (χ4v) is 4.03. The van der Waals surface area contributed by atoms with Crippen molar-refractivity contribution in [3.63, 3.8) is 0 Å². The summed E-state index contributed by atoms with van der Waals surface area (Å²) in [5.74, 6) is 0.579. The van der Waals surface area contributed by atoms with E-state index in [9.17, 15) is 4.79 Å². The number of benzene rings is 3. The molecule has 0 bridgehead atoms. The highest BCUT2D eigenvalue weighted by Crippen LogP contribution is 2.32. The summed E-state index contributed by atoms with van der Waals surface area (Å²) >= 11 is 0. The zero-order valence-electron chi connectivity index (χ0n) is 19.9. The van der Waals surface area contributed by atoms with Crippen LogP contribution in [0.5, 0.6) is 5.75 Å². The molecule has 0 radical (unpaired) electrons. The molecule has 2 N–H and O–H groups in total. The number of aromatic amines is 1. The quantitative estimate of drug-likeness (QED) is 0.332. The molecule has 1 amide bonds. The van der Waals surface area contributed by atoms with Gasteiger partial charge >= 0.3 is 0 Å². The van der Waals surface area contributed by atoms with Crippen molar-refractivity contribution >= 4 is 16.9 Å². The van der Waals surface area contributed by atoms with Crippen molar-refractivity contribution in [3.05, 3.63) is 101 Å². The largest absolute Gasteiger partial charge is 0.497 e. The summed E-state index contributed by atoms with van der Waals surface area (Å²) in [5.41, 5.74) is 7.67. The Hall–Kier alpha value is -4.45. The van der Waals surface area contributed by atoms with E-state index >= 15 is 0 Å². The number of aryl methyl sites for hydroxylation is 2. The first kappa shape index (κ1) is 22.3. The van der Waals surface area contributed by atoms with Gasteiger partial charge in [0.05, 0.1) is 29.4 Å². The lowest BCUT2D eigenvalue weighted by Gasteiger charge is -2.10. The molecule has 0 aliphatic heterocycles. The Kier molecular flexibility index (Phi) is 6.02. The van der Waals surface area contributed by atoms with Crippen LogP contribution in [0.2, 0.25) is 0 Å². The van der Waals surface area contributed by atoms with Gasteiger partial charge in [-0.25, -0.2) is 4.98 Å². The van der Waals surface area contributed by atoms with Gasteiger partial charge in [0.2, 0.25) is 0 Å². The fourth-order valence-electron chi connectivity index (χ4n) is 4.03. The highest BCUT2D eigenvalue weighted by atomic mass is 16.5. The third-order valence-corrected chi connectivity index (χ3v) is 6.07. The Morgan fingerprint density at radius 1 is 0.886 bits per heavy atom. The maximum Gasteiger partial charge on any atom is 0.252 e. The van der Waals surface area contributed by atoms with E-state index < -0.39 is 0 Å². The molecule has 0 aliphatic carbocycles. The maximum absolute atomic E-state index is 13.5. The normalized spacial score (nSPS) is 10.9. The summed E-state index contributed by atoms with van der Waals surface area (Å²) in [6, 6.07) is 25.7. The number of hydrogen-bond acceptors (Lipinski definition) is 4. The molecule has 2 aromatic heterocycles. The van der Waals surface area contributed by atoms with Crippen molar-refractivity contribution in [2.24, 2.45) is 0 Å². The molecular weight excluding hydrogens is 436 g/mol. The lowest BCUT2D eigenvalue weighted by atomic mass is 10.0. The Labute approximate surface area is 204 Å². The predicted octanol–water partition coefficient (Wildman–Crippen LogP) is 5.85. The van der Waals surface area contributed by atoms with Crippen LogP contribution in [0.1, 0.15) is 27.0 Å². The molecule has 6 heteroatoms. The number of nitrogens with zero attached hydrogens (tertiary/aromatic N) is 2. The Bertz CT molecular complexity index is 1490. The zero-order chi connectivity index (χ0) is 24.4. The van der Waals surface area contributed by atoms with E-state index in [4.69, 9.17) is 9.72 Å². The van der Waals surface area contributed by atoms with Crippen LogP contribution in [-0.2, 0) is 6.54 Å². The number of pyridine rings is 1. The van der Waals surface area contributed by atoms with E-state index in [-0.39, 0.29) is 5.91 Å². The summed E-state index contributed by atoms with van der Waals surface area (Å²) in [6.07, 6.45) is 0. The van der Waals surface area contributed by atoms with Gasteiger partial charge in [0, 0.05) is 17.7 Å². The van der Waals surface area contributed by atoms with Crippen LogP contribution in [0.4, 0.5) is 0 Å². The second-order valence-electron chi connectivity index (χ2n) is 8.62. The van der Waals surface area contributed by atoms with Gasteiger partial charge in [0.15, 0.2) is 5.65 Å². The smallest absolute Gasteiger partial charge is 0.252 e. The summed E-state index contributed by atoms with van der Waals surface area (Å²) in [7, 11) is 1.63. The number of rotatable bonds is 6. The Balaban J connectivity index is 1.59. The summed E-state index contributed by atoms with van der Waals surface area (Å²) in [6.45, 7) is 4.52. The lowest BCUT2D eigenvalue weighted by Crippen LogP contribution is -2.23. The van der Waals surface area contributed by atoms with E-state index in [2.05, 4.69) is 15.5 Å². The molecule has 0 aliphatic rings. The summed E-state index contributed by atoms with van der Waals surface area (Å²) in [5, 5.41) is 11.4. The zero-order valence-corrected chi connectivity index (χ0v) is 19.9.